The van der Waals surface area contributed by atoms with Crippen LogP contribution in [0.1, 0.15) is 51.4 Å². The number of aryl methyl sites for hydroxylation is 1. The summed E-state index contributed by atoms with van der Waals surface area (Å²) in [5, 5.41) is 16.3. The van der Waals surface area contributed by atoms with E-state index in [4.69, 9.17) is 4.74 Å². The second-order valence-corrected chi connectivity index (χ2v) is 8.39. The molecule has 168 valence electrons. The molecule has 2 aromatic carbocycles. The number of halogens is 1. The van der Waals surface area contributed by atoms with Gasteiger partial charge in [-0.1, -0.05) is 36.2 Å². The fraction of sp³-hybridized carbons (Fsp3) is 0.348. The van der Waals surface area contributed by atoms with Gasteiger partial charge in [-0.25, -0.2) is 4.98 Å². The van der Waals surface area contributed by atoms with Gasteiger partial charge in [-0.05, 0) is 50.1 Å². The highest BCUT2D eigenvalue weighted by atomic mass is 79.9. The Balaban J connectivity index is 2.05. The molecule has 0 radical (unpaired) electrons. The van der Waals surface area contributed by atoms with Crippen LogP contribution in [-0.4, -0.2) is 26.9 Å². The third kappa shape index (κ3) is 5.40. The fourth-order valence-corrected chi connectivity index (χ4v) is 3.45. The van der Waals surface area contributed by atoms with Gasteiger partial charge in [0.05, 0.1) is 28.1 Å². The molecule has 3 rings (SSSR count). The quantitative estimate of drug-likeness (QED) is 0.220. The molecule has 0 unspecified atom stereocenters. The lowest BCUT2D eigenvalue weighted by Gasteiger charge is -2.12. The highest BCUT2D eigenvalue weighted by Gasteiger charge is 2.17. The lowest BCUT2D eigenvalue weighted by atomic mass is 10.2. The summed E-state index contributed by atoms with van der Waals surface area (Å²) in [6, 6.07) is 9.98. The van der Waals surface area contributed by atoms with Gasteiger partial charge in [-0.2, -0.15) is 9.78 Å². The van der Waals surface area contributed by atoms with Gasteiger partial charge >= 0.3 is 5.69 Å². The Bertz CT molecular complexity index is 1220. The Morgan fingerprint density at radius 2 is 2.06 bits per heavy atom. The first-order valence-electron chi connectivity index (χ1n) is 10.5. The van der Waals surface area contributed by atoms with Crippen LogP contribution in [0.5, 0.6) is 5.75 Å². The summed E-state index contributed by atoms with van der Waals surface area (Å²) in [6.07, 6.45) is 4.42. The van der Waals surface area contributed by atoms with Gasteiger partial charge < -0.3 is 4.74 Å². The molecule has 0 saturated carbocycles. The molecule has 9 heteroatoms. The summed E-state index contributed by atoms with van der Waals surface area (Å²) >= 11 is 3.39. The molecule has 0 N–H and O–H groups in total. The smallest absolute Gasteiger partial charge is 0.311 e. The third-order valence-electron chi connectivity index (χ3n) is 5.03. The monoisotopic (exact) mass is 500 g/mol. The average molecular weight is 501 g/mol. The van der Waals surface area contributed by atoms with Crippen LogP contribution in [0.3, 0.4) is 0 Å². The summed E-state index contributed by atoms with van der Waals surface area (Å²) in [5.74, 6) is 0.758. The van der Waals surface area contributed by atoms with Gasteiger partial charge in [-0.3, -0.25) is 14.9 Å². The normalized spacial score (nSPS) is 12.4. The first-order valence-corrected chi connectivity index (χ1v) is 11.3. The van der Waals surface area contributed by atoms with Crippen LogP contribution in [0.25, 0.3) is 10.9 Å². The molecule has 0 saturated heterocycles. The standard InChI is InChI=1S/C23H25BrN4O4/c1-4-6-7-22-26-19-10-9-17(24)13-18(19)23(29)27(22)25-14-16-8-11-21(32-15(3)5-2)20(12-16)28(30)31/h8-15H,4-7H2,1-3H3/t15-/m1/s1. The van der Waals surface area contributed by atoms with Crippen LogP contribution < -0.4 is 10.3 Å². The van der Waals surface area contributed by atoms with Crippen LogP contribution >= 0.6 is 15.9 Å². The lowest BCUT2D eigenvalue weighted by molar-refractivity contribution is -0.386. The van der Waals surface area contributed by atoms with Crippen molar-refractivity contribution in [3.05, 3.63) is 72.7 Å². The van der Waals surface area contributed by atoms with Gasteiger partial charge in [0.15, 0.2) is 5.75 Å². The topological polar surface area (TPSA) is 99.6 Å². The number of aromatic nitrogens is 2. The molecule has 1 heterocycles. The summed E-state index contributed by atoms with van der Waals surface area (Å²) in [4.78, 5) is 28.8. The van der Waals surface area contributed by atoms with E-state index in [1.54, 1.807) is 24.3 Å². The number of unbranched alkanes of at least 4 members (excludes halogenated alkanes) is 1. The third-order valence-corrected chi connectivity index (χ3v) is 5.53. The fourth-order valence-electron chi connectivity index (χ4n) is 3.09. The van der Waals surface area contributed by atoms with Crippen molar-refractivity contribution in [2.24, 2.45) is 5.10 Å². The highest BCUT2D eigenvalue weighted by molar-refractivity contribution is 9.10. The Kier molecular flexibility index (Phi) is 7.74. The Labute approximate surface area is 194 Å². The molecule has 1 aromatic heterocycles. The van der Waals surface area contributed by atoms with Crippen LogP contribution in [0, 0.1) is 10.1 Å². The average Bonchev–Trinajstić information content (AvgIpc) is 2.78. The molecule has 8 nitrogen and oxygen atoms in total. The van der Waals surface area contributed by atoms with E-state index in [0.29, 0.717) is 28.7 Å². The van der Waals surface area contributed by atoms with Crippen molar-refractivity contribution in [2.75, 3.05) is 0 Å². The molecule has 0 aliphatic rings. The molecule has 0 aliphatic carbocycles. The predicted molar refractivity (Wildman–Crippen MR) is 129 cm³/mol. The van der Waals surface area contributed by atoms with Gasteiger partial charge in [-0.15, -0.1) is 0 Å². The van der Waals surface area contributed by atoms with Crippen molar-refractivity contribution in [3.63, 3.8) is 0 Å². The van der Waals surface area contributed by atoms with Gasteiger partial charge in [0.25, 0.3) is 5.56 Å². The first-order chi connectivity index (χ1) is 15.3. The van der Waals surface area contributed by atoms with Gasteiger partial charge in [0, 0.05) is 22.5 Å². The number of hydrogen-bond acceptors (Lipinski definition) is 6. The number of rotatable bonds is 9. The maximum Gasteiger partial charge on any atom is 0.311 e. The molecule has 32 heavy (non-hydrogen) atoms. The summed E-state index contributed by atoms with van der Waals surface area (Å²) < 4.78 is 7.71. The summed E-state index contributed by atoms with van der Waals surface area (Å²) in [6.45, 7) is 5.86. The van der Waals surface area contributed by atoms with E-state index in [0.717, 1.165) is 23.7 Å². The zero-order valence-electron chi connectivity index (χ0n) is 18.2. The molecular weight excluding hydrogens is 476 g/mol. The molecule has 0 fully saturated rings. The van der Waals surface area contributed by atoms with E-state index >= 15 is 0 Å². The minimum Gasteiger partial charge on any atom is -0.484 e. The minimum absolute atomic E-state index is 0.143. The largest absolute Gasteiger partial charge is 0.484 e. The van der Waals surface area contributed by atoms with E-state index in [1.165, 1.54) is 17.0 Å². The molecular formula is C23H25BrN4O4. The molecule has 0 amide bonds. The van der Waals surface area contributed by atoms with Crippen molar-refractivity contribution in [2.45, 2.75) is 52.6 Å². The Morgan fingerprint density at radius 1 is 1.28 bits per heavy atom. The van der Waals surface area contributed by atoms with Crippen molar-refractivity contribution in [3.8, 4) is 5.75 Å². The lowest BCUT2D eigenvalue weighted by Crippen LogP contribution is -2.22. The first kappa shape index (κ1) is 23.6. The number of nitro groups is 1. The van der Waals surface area contributed by atoms with E-state index in [2.05, 4.69) is 32.9 Å². The van der Waals surface area contributed by atoms with Crippen LogP contribution in [0.4, 0.5) is 5.69 Å². The van der Waals surface area contributed by atoms with Crippen LogP contribution in [-0.2, 0) is 6.42 Å². The number of ether oxygens (including phenoxy) is 1. The molecule has 0 spiro atoms. The van der Waals surface area contributed by atoms with Crippen molar-refractivity contribution in [1.82, 2.24) is 9.66 Å². The second kappa shape index (κ2) is 10.5. The SMILES string of the molecule is CCCCc1nc2ccc(Br)cc2c(=O)n1N=Cc1ccc(O[C@H](C)CC)c([N+](=O)[O-])c1. The van der Waals surface area contributed by atoms with Gasteiger partial charge in [0.1, 0.15) is 5.82 Å². The number of benzene rings is 2. The maximum atomic E-state index is 13.1. The maximum absolute atomic E-state index is 13.1. The zero-order chi connectivity index (χ0) is 23.3. The van der Waals surface area contributed by atoms with Crippen molar-refractivity contribution in [1.29, 1.82) is 0 Å². The summed E-state index contributed by atoms with van der Waals surface area (Å²) in [7, 11) is 0. The predicted octanol–water partition coefficient (Wildman–Crippen LogP) is 5.47. The van der Waals surface area contributed by atoms with Crippen LogP contribution in [0.15, 0.2) is 50.8 Å². The molecule has 0 aliphatic heterocycles. The van der Waals surface area contributed by atoms with Crippen molar-refractivity contribution < 1.29 is 9.66 Å². The second-order valence-electron chi connectivity index (χ2n) is 7.48. The molecule has 3 aromatic rings. The molecule has 1 atom stereocenters. The minimum atomic E-state index is -0.483. The number of nitro benzene ring substituents is 1. The van der Waals surface area contributed by atoms with E-state index in [-0.39, 0.29) is 23.1 Å². The zero-order valence-corrected chi connectivity index (χ0v) is 19.8. The molecule has 0 bridgehead atoms. The number of fused-ring (bicyclic) bond motifs is 1. The Morgan fingerprint density at radius 3 is 2.75 bits per heavy atom. The highest BCUT2D eigenvalue weighted by Crippen LogP contribution is 2.29. The number of hydrogen-bond donors (Lipinski definition) is 0. The van der Waals surface area contributed by atoms with E-state index in [9.17, 15) is 14.9 Å². The van der Waals surface area contributed by atoms with E-state index < -0.39 is 4.92 Å². The Hall–Kier alpha value is -3.07. The summed E-state index contributed by atoms with van der Waals surface area (Å²) in [5.41, 5.74) is 0.659. The van der Waals surface area contributed by atoms with Crippen molar-refractivity contribution >= 4 is 38.7 Å². The van der Waals surface area contributed by atoms with Crippen LogP contribution in [0.2, 0.25) is 0 Å². The number of nitrogens with zero attached hydrogens (tertiary/aromatic N) is 4. The van der Waals surface area contributed by atoms with Gasteiger partial charge in [0.2, 0.25) is 0 Å². The van der Waals surface area contributed by atoms with E-state index in [1.807, 2.05) is 19.9 Å².